The van der Waals surface area contributed by atoms with E-state index in [1.165, 1.54) is 6.20 Å². The van der Waals surface area contributed by atoms with E-state index in [4.69, 9.17) is 0 Å². The highest BCUT2D eigenvalue weighted by Gasteiger charge is 2.25. The molecule has 5 rings (SSSR count). The molecule has 0 radical (unpaired) electrons. The van der Waals surface area contributed by atoms with E-state index >= 15 is 0 Å². The zero-order valence-electron chi connectivity index (χ0n) is 24.1. The molecule has 1 saturated heterocycles. The van der Waals surface area contributed by atoms with E-state index in [1.54, 1.807) is 48.7 Å². The number of benzene rings is 3. The van der Waals surface area contributed by atoms with Gasteiger partial charge in [0.1, 0.15) is 0 Å². The second-order valence-electron chi connectivity index (χ2n) is 10.5. The van der Waals surface area contributed by atoms with E-state index in [-0.39, 0.29) is 30.2 Å². The van der Waals surface area contributed by atoms with Crippen molar-refractivity contribution in [2.75, 3.05) is 36.4 Å². The Morgan fingerprint density at radius 2 is 1.52 bits per heavy atom. The van der Waals surface area contributed by atoms with Crippen LogP contribution in [0, 0.1) is 0 Å². The van der Waals surface area contributed by atoms with E-state index in [1.807, 2.05) is 53.4 Å². The number of carboxylic acids is 1. The van der Waals surface area contributed by atoms with E-state index < -0.39 is 17.9 Å². The van der Waals surface area contributed by atoms with Crippen molar-refractivity contribution in [1.29, 1.82) is 0 Å². The van der Waals surface area contributed by atoms with Gasteiger partial charge < -0.3 is 25.5 Å². The Bertz CT molecular complexity index is 1610. The molecule has 4 aromatic rings. The highest BCUT2D eigenvalue weighted by molar-refractivity contribution is 6.01. The van der Waals surface area contributed by atoms with Crippen LogP contribution >= 0.6 is 0 Å². The normalized spacial score (nSPS) is 13.5. The number of hydrogen-bond donors (Lipinski definition) is 3. The van der Waals surface area contributed by atoms with Crippen LogP contribution in [0.2, 0.25) is 0 Å². The van der Waals surface area contributed by atoms with Crippen molar-refractivity contribution in [2.45, 2.75) is 18.9 Å². The number of aromatic nitrogens is 1. The molecule has 1 aliphatic rings. The Morgan fingerprint density at radius 1 is 0.818 bits per heavy atom. The van der Waals surface area contributed by atoms with Crippen molar-refractivity contribution in [2.24, 2.45) is 0 Å². The zero-order valence-corrected chi connectivity index (χ0v) is 24.1. The molecule has 3 amide bonds. The number of pyridine rings is 1. The van der Waals surface area contributed by atoms with Crippen LogP contribution in [0.25, 0.3) is 0 Å². The van der Waals surface area contributed by atoms with Crippen molar-refractivity contribution in [3.05, 3.63) is 126 Å². The van der Waals surface area contributed by atoms with Gasteiger partial charge in [-0.25, -0.2) is 0 Å². The van der Waals surface area contributed by atoms with Gasteiger partial charge in [-0.05, 0) is 47.5 Å². The van der Waals surface area contributed by atoms with Crippen molar-refractivity contribution in [3.63, 3.8) is 0 Å². The summed E-state index contributed by atoms with van der Waals surface area (Å²) in [5, 5.41) is 15.2. The summed E-state index contributed by atoms with van der Waals surface area (Å²) in [6.07, 6.45) is 2.93. The summed E-state index contributed by atoms with van der Waals surface area (Å²) in [4.78, 5) is 59.0. The van der Waals surface area contributed by atoms with Gasteiger partial charge in [-0.2, -0.15) is 0 Å². The average Bonchev–Trinajstić information content (AvgIpc) is 3.05. The molecule has 2 heterocycles. The first-order chi connectivity index (χ1) is 21.4. The van der Waals surface area contributed by atoms with Crippen molar-refractivity contribution in [1.82, 2.24) is 15.2 Å². The average molecular weight is 592 g/mol. The maximum atomic E-state index is 13.4. The fraction of sp³-hybridized carbons (Fsp3) is 0.206. The second-order valence-corrected chi connectivity index (χ2v) is 10.5. The fourth-order valence-electron chi connectivity index (χ4n) is 5.19. The molecule has 1 atom stereocenters. The predicted octanol–water partition coefficient (Wildman–Crippen LogP) is 4.17. The first-order valence-electron chi connectivity index (χ1n) is 14.4. The van der Waals surface area contributed by atoms with Crippen LogP contribution in [-0.4, -0.2) is 64.9 Å². The Morgan fingerprint density at radius 3 is 2.18 bits per heavy atom. The molecule has 1 aliphatic heterocycles. The number of nitrogens with one attached hydrogen (secondary N) is 2. The van der Waals surface area contributed by atoms with Crippen LogP contribution < -0.4 is 15.5 Å². The van der Waals surface area contributed by atoms with Crippen LogP contribution in [0.4, 0.5) is 11.4 Å². The maximum Gasteiger partial charge on any atom is 0.305 e. The van der Waals surface area contributed by atoms with Crippen LogP contribution in [0.1, 0.15) is 44.3 Å². The summed E-state index contributed by atoms with van der Waals surface area (Å²) in [7, 11) is 0. The number of rotatable bonds is 10. The van der Waals surface area contributed by atoms with E-state index in [9.17, 15) is 24.3 Å². The number of carbonyl (C=O) groups is 4. The highest BCUT2D eigenvalue weighted by atomic mass is 16.4. The molecular formula is C34H33N5O5. The molecule has 3 N–H and O–H groups in total. The standard InChI is InChI=1S/C34H33N5O5/c40-31(20-24-8-3-1-4-9-24)36-29-21-26(33(43)37-28(22-32(41)42)27-12-7-15-35-23-27)13-14-30(29)38-16-18-39(19-17-38)34(44)25-10-5-2-6-11-25/h1-15,21,23,28H,16-20,22H2,(H,36,40)(H,37,43)(H,41,42). The second kappa shape index (κ2) is 14.1. The van der Waals surface area contributed by atoms with Gasteiger partial charge in [-0.3, -0.25) is 24.2 Å². The summed E-state index contributed by atoms with van der Waals surface area (Å²) in [5.41, 5.74) is 3.50. The molecule has 0 aliphatic carbocycles. The molecule has 10 nitrogen and oxygen atoms in total. The lowest BCUT2D eigenvalue weighted by atomic mass is 10.0. The summed E-state index contributed by atoms with van der Waals surface area (Å²) >= 11 is 0. The number of amides is 3. The first-order valence-corrected chi connectivity index (χ1v) is 14.4. The minimum Gasteiger partial charge on any atom is -0.481 e. The van der Waals surface area contributed by atoms with Crippen LogP contribution in [0.3, 0.4) is 0 Å². The number of hydrogen-bond acceptors (Lipinski definition) is 6. The molecule has 1 unspecified atom stereocenters. The van der Waals surface area contributed by atoms with Crippen molar-refractivity contribution >= 4 is 35.1 Å². The number of piperazine rings is 1. The minimum atomic E-state index is -1.06. The van der Waals surface area contributed by atoms with Gasteiger partial charge in [-0.15, -0.1) is 0 Å². The minimum absolute atomic E-state index is 0.0295. The quantitative estimate of drug-likeness (QED) is 0.252. The lowest BCUT2D eigenvalue weighted by Gasteiger charge is -2.37. The smallest absolute Gasteiger partial charge is 0.305 e. The third kappa shape index (κ3) is 7.65. The van der Waals surface area contributed by atoms with Gasteiger partial charge in [0.25, 0.3) is 11.8 Å². The fourth-order valence-corrected chi connectivity index (χ4v) is 5.19. The number of anilines is 2. The Labute approximate surface area is 255 Å². The van der Waals surface area contributed by atoms with Gasteiger partial charge >= 0.3 is 5.97 Å². The molecule has 1 fully saturated rings. The number of aliphatic carboxylic acids is 1. The SMILES string of the molecule is O=C(O)CC(NC(=O)c1ccc(N2CCN(C(=O)c3ccccc3)CC2)c(NC(=O)Cc2ccccc2)c1)c1cccnc1. The zero-order chi connectivity index (χ0) is 30.9. The van der Waals surface area contributed by atoms with Gasteiger partial charge in [0.15, 0.2) is 0 Å². The third-order valence-corrected chi connectivity index (χ3v) is 7.44. The van der Waals surface area contributed by atoms with Crippen molar-refractivity contribution in [3.8, 4) is 0 Å². The van der Waals surface area contributed by atoms with Gasteiger partial charge in [0.05, 0.1) is 30.3 Å². The predicted molar refractivity (Wildman–Crippen MR) is 166 cm³/mol. The van der Waals surface area contributed by atoms with Gasteiger partial charge in [0.2, 0.25) is 5.91 Å². The molecule has 0 spiro atoms. The highest BCUT2D eigenvalue weighted by Crippen LogP contribution is 2.29. The largest absolute Gasteiger partial charge is 0.481 e. The van der Waals surface area contributed by atoms with Crippen LogP contribution in [0.15, 0.2) is 103 Å². The van der Waals surface area contributed by atoms with Crippen LogP contribution in [0.5, 0.6) is 0 Å². The first kappa shape index (κ1) is 30.0. The summed E-state index contributed by atoms with van der Waals surface area (Å²) in [5.74, 6) is -1.82. The molecule has 224 valence electrons. The van der Waals surface area contributed by atoms with E-state index in [0.717, 1.165) is 11.3 Å². The summed E-state index contributed by atoms with van der Waals surface area (Å²) in [6.45, 7) is 2.06. The topological polar surface area (TPSA) is 132 Å². The summed E-state index contributed by atoms with van der Waals surface area (Å²) < 4.78 is 0. The molecule has 1 aromatic heterocycles. The molecule has 3 aromatic carbocycles. The lowest BCUT2D eigenvalue weighted by Crippen LogP contribution is -2.49. The third-order valence-electron chi connectivity index (χ3n) is 7.44. The molecule has 0 saturated carbocycles. The van der Waals surface area contributed by atoms with Crippen LogP contribution in [-0.2, 0) is 16.0 Å². The number of carboxylic acid groups (broad SMARTS) is 1. The maximum absolute atomic E-state index is 13.4. The number of carbonyl (C=O) groups excluding carboxylic acids is 3. The van der Waals surface area contributed by atoms with Gasteiger partial charge in [-0.1, -0.05) is 54.6 Å². The summed E-state index contributed by atoms with van der Waals surface area (Å²) in [6, 6.07) is 26.1. The number of nitrogens with zero attached hydrogens (tertiary/aromatic N) is 3. The molecular weight excluding hydrogens is 558 g/mol. The van der Waals surface area contributed by atoms with Crippen molar-refractivity contribution < 1.29 is 24.3 Å². The Hall–Kier alpha value is -5.51. The Kier molecular flexibility index (Phi) is 9.61. The molecule has 0 bridgehead atoms. The molecule has 44 heavy (non-hydrogen) atoms. The molecule has 10 heteroatoms. The van der Waals surface area contributed by atoms with Gasteiger partial charge in [0, 0.05) is 49.7 Å². The van der Waals surface area contributed by atoms with E-state index in [2.05, 4.69) is 20.5 Å². The Balaban J connectivity index is 1.36. The van der Waals surface area contributed by atoms with E-state index in [0.29, 0.717) is 43.0 Å². The monoisotopic (exact) mass is 591 g/mol. The lowest BCUT2D eigenvalue weighted by molar-refractivity contribution is -0.137.